The molecule has 5 nitrogen and oxygen atoms in total. The summed E-state index contributed by atoms with van der Waals surface area (Å²) in [5, 5.41) is 2.50. The zero-order valence-corrected chi connectivity index (χ0v) is 17.0. The quantitative estimate of drug-likeness (QED) is 0.256. The average Bonchev–Trinajstić information content (AvgIpc) is 2.77. The molecule has 0 amide bonds. The fraction of sp³-hybridized carbons (Fsp3) is 0.0769. The van der Waals surface area contributed by atoms with Crippen LogP contribution in [-0.4, -0.2) is 23.5 Å². The lowest BCUT2D eigenvalue weighted by Crippen LogP contribution is -2.18. The number of fused-ring (bicyclic) bond motifs is 2. The number of ketones is 2. The van der Waals surface area contributed by atoms with Crippen molar-refractivity contribution in [2.24, 2.45) is 0 Å². The largest absolute Gasteiger partial charge is 0.386 e. The summed E-state index contributed by atoms with van der Waals surface area (Å²) in [5.74, 6) is -2.51. The van der Waals surface area contributed by atoms with E-state index in [1.54, 1.807) is 60.7 Å². The van der Waals surface area contributed by atoms with Gasteiger partial charge in [0.1, 0.15) is 0 Å². The van der Waals surface area contributed by atoms with Crippen molar-refractivity contribution in [2.75, 3.05) is 0 Å². The fourth-order valence-corrected chi connectivity index (χ4v) is 3.76. The van der Waals surface area contributed by atoms with E-state index in [2.05, 4.69) is 0 Å². The predicted molar refractivity (Wildman–Crippen MR) is 118 cm³/mol. The number of esters is 2. The van der Waals surface area contributed by atoms with Gasteiger partial charge in [-0.05, 0) is 47.5 Å². The van der Waals surface area contributed by atoms with Crippen molar-refractivity contribution in [3.63, 3.8) is 0 Å². The normalized spacial score (nSPS) is 10.8. The maximum atomic E-state index is 13.1. The minimum absolute atomic E-state index is 0.0311. The molecule has 0 aliphatic carbocycles. The Hall–Kier alpha value is -4.12. The van der Waals surface area contributed by atoms with Gasteiger partial charge >= 0.3 is 11.9 Å². The Kier molecular flexibility index (Phi) is 5.17. The molecular weight excluding hydrogens is 392 g/mol. The monoisotopic (exact) mass is 410 g/mol. The van der Waals surface area contributed by atoms with E-state index in [9.17, 15) is 19.2 Å². The van der Waals surface area contributed by atoms with Gasteiger partial charge in [-0.3, -0.25) is 9.59 Å². The van der Waals surface area contributed by atoms with Crippen LogP contribution >= 0.6 is 0 Å². The third-order valence-corrected chi connectivity index (χ3v) is 5.21. The lowest BCUT2D eigenvalue weighted by Gasteiger charge is -2.13. The number of hydrogen-bond acceptors (Lipinski definition) is 5. The molecule has 0 saturated carbocycles. The molecule has 0 unspecified atom stereocenters. The van der Waals surface area contributed by atoms with Gasteiger partial charge in [0.05, 0.1) is 11.1 Å². The number of carbonyl (C=O) groups is 4. The van der Waals surface area contributed by atoms with E-state index in [0.29, 0.717) is 10.8 Å². The number of ether oxygens (including phenoxy) is 1. The molecule has 4 rings (SSSR count). The van der Waals surface area contributed by atoms with Gasteiger partial charge in [0.25, 0.3) is 0 Å². The Morgan fingerprint density at radius 1 is 0.548 bits per heavy atom. The number of carbonyl (C=O) groups excluding carboxylic acids is 4. The average molecular weight is 410 g/mol. The maximum absolute atomic E-state index is 13.1. The van der Waals surface area contributed by atoms with Crippen LogP contribution in [0.25, 0.3) is 21.5 Å². The third-order valence-electron chi connectivity index (χ3n) is 5.21. The molecule has 0 aliphatic heterocycles. The molecule has 4 aromatic rings. The maximum Gasteiger partial charge on any atom is 0.347 e. The van der Waals surface area contributed by atoms with Gasteiger partial charge in [0.15, 0.2) is 11.6 Å². The van der Waals surface area contributed by atoms with Crippen LogP contribution in [0.15, 0.2) is 72.8 Å². The summed E-state index contributed by atoms with van der Waals surface area (Å²) >= 11 is 0. The van der Waals surface area contributed by atoms with Gasteiger partial charge < -0.3 is 4.74 Å². The first-order chi connectivity index (χ1) is 14.9. The van der Waals surface area contributed by atoms with Crippen molar-refractivity contribution < 1.29 is 23.9 Å². The number of hydrogen-bond donors (Lipinski definition) is 0. The van der Waals surface area contributed by atoms with Crippen LogP contribution in [-0.2, 0) is 4.74 Å². The number of rotatable bonds is 4. The molecular formula is C26H18O5. The number of benzene rings is 4. The van der Waals surface area contributed by atoms with E-state index in [1.807, 2.05) is 12.1 Å². The molecule has 0 fully saturated rings. The zero-order valence-electron chi connectivity index (χ0n) is 17.0. The van der Waals surface area contributed by atoms with E-state index >= 15 is 0 Å². The van der Waals surface area contributed by atoms with Crippen molar-refractivity contribution in [3.8, 4) is 0 Å². The molecule has 31 heavy (non-hydrogen) atoms. The highest BCUT2D eigenvalue weighted by Gasteiger charge is 2.26. The highest BCUT2D eigenvalue weighted by atomic mass is 16.6. The van der Waals surface area contributed by atoms with Crippen LogP contribution < -0.4 is 0 Å². The van der Waals surface area contributed by atoms with Crippen molar-refractivity contribution in [2.45, 2.75) is 13.8 Å². The van der Waals surface area contributed by atoms with Gasteiger partial charge in [-0.2, -0.15) is 0 Å². The van der Waals surface area contributed by atoms with E-state index in [-0.39, 0.29) is 33.8 Å². The van der Waals surface area contributed by atoms with Crippen LogP contribution in [0.1, 0.15) is 55.3 Å². The molecule has 0 N–H and O–H groups in total. The molecule has 0 heterocycles. The van der Waals surface area contributed by atoms with E-state index < -0.39 is 11.9 Å². The second kappa shape index (κ2) is 7.95. The zero-order chi connectivity index (χ0) is 22.1. The first-order valence-electron chi connectivity index (χ1n) is 9.70. The Bertz CT molecular complexity index is 1290. The molecule has 0 bridgehead atoms. The number of Topliss-reactive ketones (excluding diaryl/α,β-unsaturated/α-hetero) is 2. The molecule has 152 valence electrons. The lowest BCUT2D eigenvalue weighted by atomic mass is 9.96. The molecule has 0 atom stereocenters. The molecule has 0 aromatic heterocycles. The van der Waals surface area contributed by atoms with Gasteiger partial charge in [-0.15, -0.1) is 0 Å². The summed E-state index contributed by atoms with van der Waals surface area (Å²) in [5.41, 5.74) is 0.398. The Labute approximate surface area is 178 Å². The standard InChI is InChI=1S/C26H18O5/c1-15(27)19-13-11-17-7-3-5-9-21(17)23(19)25(29)31-26(30)24-20(16(2)28)14-12-18-8-4-6-10-22(18)24/h3-14H,1-2H3. The Balaban J connectivity index is 1.84. The summed E-state index contributed by atoms with van der Waals surface area (Å²) in [6.45, 7) is 2.70. The summed E-state index contributed by atoms with van der Waals surface area (Å²) < 4.78 is 5.24. The van der Waals surface area contributed by atoms with Crippen LogP contribution in [0, 0.1) is 0 Å². The van der Waals surface area contributed by atoms with Crippen LogP contribution in [0.3, 0.4) is 0 Å². The van der Waals surface area contributed by atoms with E-state index in [1.165, 1.54) is 13.8 Å². The van der Waals surface area contributed by atoms with Gasteiger partial charge in [0.2, 0.25) is 0 Å². The minimum atomic E-state index is -0.936. The Morgan fingerprint density at radius 3 is 1.32 bits per heavy atom. The summed E-state index contributed by atoms with van der Waals surface area (Å²) in [6.07, 6.45) is 0. The SMILES string of the molecule is CC(=O)c1ccc2ccccc2c1C(=O)OC(=O)c1c(C(C)=O)ccc2ccccc12. The third kappa shape index (κ3) is 3.62. The van der Waals surface area contributed by atoms with Crippen molar-refractivity contribution in [1.29, 1.82) is 0 Å². The smallest absolute Gasteiger partial charge is 0.347 e. The first kappa shape index (κ1) is 20.2. The van der Waals surface area contributed by atoms with E-state index in [0.717, 1.165) is 10.8 Å². The van der Waals surface area contributed by atoms with E-state index in [4.69, 9.17) is 4.74 Å². The molecule has 0 aliphatic rings. The van der Waals surface area contributed by atoms with Gasteiger partial charge in [-0.1, -0.05) is 60.7 Å². The van der Waals surface area contributed by atoms with Crippen molar-refractivity contribution in [1.82, 2.24) is 0 Å². The highest BCUT2D eigenvalue weighted by molar-refractivity contribution is 6.20. The molecule has 0 spiro atoms. The van der Waals surface area contributed by atoms with Crippen LogP contribution in [0.4, 0.5) is 0 Å². The minimum Gasteiger partial charge on any atom is -0.386 e. The predicted octanol–water partition coefficient (Wildman–Crippen LogP) is 5.40. The van der Waals surface area contributed by atoms with Gasteiger partial charge in [-0.25, -0.2) is 9.59 Å². The summed E-state index contributed by atoms with van der Waals surface area (Å²) in [7, 11) is 0. The molecule has 5 heteroatoms. The fourth-order valence-electron chi connectivity index (χ4n) is 3.76. The van der Waals surface area contributed by atoms with Crippen molar-refractivity contribution in [3.05, 3.63) is 95.1 Å². The topological polar surface area (TPSA) is 77.5 Å². The van der Waals surface area contributed by atoms with Gasteiger partial charge in [0, 0.05) is 11.1 Å². The molecule has 4 aromatic carbocycles. The van der Waals surface area contributed by atoms with Crippen LogP contribution in [0.2, 0.25) is 0 Å². The second-order valence-electron chi connectivity index (χ2n) is 7.21. The molecule has 0 radical (unpaired) electrons. The Morgan fingerprint density at radius 2 is 0.935 bits per heavy atom. The lowest BCUT2D eigenvalue weighted by molar-refractivity contribution is 0.0396. The summed E-state index contributed by atoms with van der Waals surface area (Å²) in [4.78, 5) is 50.5. The van der Waals surface area contributed by atoms with Crippen LogP contribution in [0.5, 0.6) is 0 Å². The van der Waals surface area contributed by atoms with Crippen molar-refractivity contribution >= 4 is 45.0 Å². The second-order valence-corrected chi connectivity index (χ2v) is 7.21. The summed E-state index contributed by atoms with van der Waals surface area (Å²) in [6, 6.07) is 20.7. The first-order valence-corrected chi connectivity index (χ1v) is 9.70. The highest BCUT2D eigenvalue weighted by Crippen LogP contribution is 2.27. The molecule has 0 saturated heterocycles.